The average Bonchev–Trinajstić information content (AvgIpc) is 2.38. The third-order valence-corrected chi connectivity index (χ3v) is 2.87. The van der Waals surface area contributed by atoms with Gasteiger partial charge in [0.25, 0.3) is 0 Å². The van der Waals surface area contributed by atoms with E-state index >= 15 is 0 Å². The lowest BCUT2D eigenvalue weighted by molar-refractivity contribution is 0.0697. The summed E-state index contributed by atoms with van der Waals surface area (Å²) >= 11 is 5.67. The van der Waals surface area contributed by atoms with Crippen molar-refractivity contribution in [2.75, 3.05) is 5.32 Å². The second kappa shape index (κ2) is 5.71. The molecule has 2 rings (SSSR count). The Balaban J connectivity index is 2.04. The normalized spacial score (nSPS) is 10.2. The van der Waals surface area contributed by atoms with Crippen LogP contribution in [-0.4, -0.2) is 11.1 Å². The van der Waals surface area contributed by atoms with E-state index in [0.29, 0.717) is 17.1 Å². The molecule has 0 bridgehead atoms. The Morgan fingerprint density at radius 1 is 1.21 bits per heavy atom. The van der Waals surface area contributed by atoms with Gasteiger partial charge in [0.15, 0.2) is 0 Å². The van der Waals surface area contributed by atoms with Gasteiger partial charge < -0.3 is 10.4 Å². The molecule has 0 aliphatic rings. The van der Waals surface area contributed by atoms with Crippen LogP contribution >= 0.6 is 11.6 Å². The molecular formula is C14H11ClFNO2. The molecule has 0 saturated heterocycles. The van der Waals surface area contributed by atoms with Gasteiger partial charge in [-0.25, -0.2) is 9.18 Å². The van der Waals surface area contributed by atoms with Crippen molar-refractivity contribution in [3.63, 3.8) is 0 Å². The summed E-state index contributed by atoms with van der Waals surface area (Å²) in [5.74, 6) is -1.35. The van der Waals surface area contributed by atoms with E-state index < -0.39 is 5.97 Å². The summed E-state index contributed by atoms with van der Waals surface area (Å²) in [6.45, 7) is 0.301. The molecule has 98 valence electrons. The van der Waals surface area contributed by atoms with Crippen molar-refractivity contribution in [3.8, 4) is 0 Å². The third kappa shape index (κ3) is 3.45. The van der Waals surface area contributed by atoms with Crippen LogP contribution in [0.4, 0.5) is 10.1 Å². The van der Waals surface area contributed by atoms with Crippen molar-refractivity contribution in [2.24, 2.45) is 0 Å². The fourth-order valence-electron chi connectivity index (χ4n) is 1.59. The summed E-state index contributed by atoms with van der Waals surface area (Å²) in [6, 6.07) is 10.7. The Hall–Kier alpha value is -2.07. The average molecular weight is 280 g/mol. The zero-order valence-corrected chi connectivity index (χ0v) is 10.6. The highest BCUT2D eigenvalue weighted by Gasteiger charge is 2.04. The van der Waals surface area contributed by atoms with Gasteiger partial charge in [0.1, 0.15) is 5.82 Å². The van der Waals surface area contributed by atoms with Crippen LogP contribution in [0.2, 0.25) is 5.02 Å². The van der Waals surface area contributed by atoms with E-state index in [4.69, 9.17) is 16.7 Å². The van der Waals surface area contributed by atoms with Crippen molar-refractivity contribution in [3.05, 3.63) is 64.4 Å². The van der Waals surface area contributed by atoms with Crippen molar-refractivity contribution in [1.82, 2.24) is 0 Å². The second-order valence-electron chi connectivity index (χ2n) is 3.97. The molecule has 0 aliphatic carbocycles. The highest BCUT2D eigenvalue weighted by atomic mass is 35.5. The predicted molar refractivity (Wildman–Crippen MR) is 72.1 cm³/mol. The molecule has 0 spiro atoms. The lowest BCUT2D eigenvalue weighted by Crippen LogP contribution is -2.02. The van der Waals surface area contributed by atoms with Gasteiger partial charge in [0.2, 0.25) is 0 Å². The number of carbonyl (C=O) groups is 1. The molecule has 3 nitrogen and oxygen atoms in total. The van der Waals surface area contributed by atoms with E-state index in [2.05, 4.69) is 5.32 Å². The lowest BCUT2D eigenvalue weighted by atomic mass is 10.2. The number of rotatable bonds is 4. The van der Waals surface area contributed by atoms with Gasteiger partial charge in [0.05, 0.1) is 5.56 Å². The maximum absolute atomic E-state index is 13.5. The van der Waals surface area contributed by atoms with E-state index in [1.807, 2.05) is 0 Å². The molecule has 0 amide bonds. The largest absolute Gasteiger partial charge is 0.478 e. The van der Waals surface area contributed by atoms with Gasteiger partial charge in [-0.3, -0.25) is 0 Å². The zero-order chi connectivity index (χ0) is 13.8. The molecule has 0 atom stereocenters. The molecule has 0 saturated carbocycles. The summed E-state index contributed by atoms with van der Waals surface area (Å²) in [7, 11) is 0. The first-order chi connectivity index (χ1) is 9.06. The number of carboxylic acid groups (broad SMARTS) is 1. The van der Waals surface area contributed by atoms with Crippen LogP contribution in [0.3, 0.4) is 0 Å². The van der Waals surface area contributed by atoms with Crippen molar-refractivity contribution in [2.45, 2.75) is 6.54 Å². The number of nitrogens with one attached hydrogen (secondary N) is 1. The summed E-state index contributed by atoms with van der Waals surface area (Å²) in [6.07, 6.45) is 0. The molecule has 0 heterocycles. The second-order valence-corrected chi connectivity index (χ2v) is 4.41. The fourth-order valence-corrected chi connectivity index (χ4v) is 1.75. The molecule has 0 aliphatic heterocycles. The number of anilines is 1. The van der Waals surface area contributed by atoms with Gasteiger partial charge in [-0.15, -0.1) is 0 Å². The molecule has 5 heteroatoms. The van der Waals surface area contributed by atoms with Gasteiger partial charge >= 0.3 is 5.97 Å². The van der Waals surface area contributed by atoms with Crippen LogP contribution in [-0.2, 0) is 6.54 Å². The number of hydrogen-bond donors (Lipinski definition) is 2. The van der Waals surface area contributed by atoms with E-state index in [9.17, 15) is 9.18 Å². The standard InChI is InChI=1S/C14H11ClFNO2/c15-11-4-1-10(13(16)7-11)8-17-12-5-2-9(3-6-12)14(18)19/h1-7,17H,8H2,(H,18,19). The quantitative estimate of drug-likeness (QED) is 0.895. The summed E-state index contributed by atoms with van der Waals surface area (Å²) in [5.41, 5.74) is 1.43. The first-order valence-electron chi connectivity index (χ1n) is 5.57. The van der Waals surface area contributed by atoms with Gasteiger partial charge in [-0.2, -0.15) is 0 Å². The van der Waals surface area contributed by atoms with Crippen LogP contribution in [0.1, 0.15) is 15.9 Å². The maximum Gasteiger partial charge on any atom is 0.335 e. The Kier molecular flexibility index (Phi) is 4.02. The highest BCUT2D eigenvalue weighted by Crippen LogP contribution is 2.16. The van der Waals surface area contributed by atoms with Crippen LogP contribution in [0.5, 0.6) is 0 Å². The predicted octanol–water partition coefficient (Wildman–Crippen LogP) is 3.79. The van der Waals surface area contributed by atoms with Crippen molar-refractivity contribution < 1.29 is 14.3 Å². The molecule has 2 N–H and O–H groups in total. The topological polar surface area (TPSA) is 49.3 Å². The summed E-state index contributed by atoms with van der Waals surface area (Å²) in [5, 5.41) is 12.1. The lowest BCUT2D eigenvalue weighted by Gasteiger charge is -2.08. The summed E-state index contributed by atoms with van der Waals surface area (Å²) < 4.78 is 13.5. The van der Waals surface area contributed by atoms with E-state index in [1.165, 1.54) is 18.2 Å². The zero-order valence-electron chi connectivity index (χ0n) is 9.86. The minimum absolute atomic E-state index is 0.211. The molecule has 2 aromatic carbocycles. The van der Waals surface area contributed by atoms with E-state index in [-0.39, 0.29) is 11.4 Å². The Morgan fingerprint density at radius 3 is 2.47 bits per heavy atom. The minimum atomic E-state index is -0.977. The molecule has 0 unspecified atom stereocenters. The molecule has 0 radical (unpaired) electrons. The maximum atomic E-state index is 13.5. The van der Waals surface area contributed by atoms with Crippen molar-refractivity contribution >= 4 is 23.3 Å². The van der Waals surface area contributed by atoms with Crippen LogP contribution in [0.15, 0.2) is 42.5 Å². The SMILES string of the molecule is O=C(O)c1ccc(NCc2ccc(Cl)cc2F)cc1. The molecule has 0 aromatic heterocycles. The van der Waals surface area contributed by atoms with Crippen molar-refractivity contribution in [1.29, 1.82) is 0 Å². The van der Waals surface area contributed by atoms with Gasteiger partial charge in [-0.1, -0.05) is 17.7 Å². The highest BCUT2D eigenvalue weighted by molar-refractivity contribution is 6.30. The Bertz CT molecular complexity index is 599. The van der Waals surface area contributed by atoms with E-state index in [1.54, 1.807) is 24.3 Å². The number of aromatic carboxylic acids is 1. The van der Waals surface area contributed by atoms with Crippen LogP contribution in [0, 0.1) is 5.82 Å². The number of benzene rings is 2. The Labute approximate surface area is 114 Å². The first-order valence-corrected chi connectivity index (χ1v) is 5.95. The Morgan fingerprint density at radius 2 is 1.89 bits per heavy atom. The third-order valence-electron chi connectivity index (χ3n) is 2.63. The number of carboxylic acids is 1. The first kappa shape index (κ1) is 13.4. The van der Waals surface area contributed by atoms with Gasteiger partial charge in [0, 0.05) is 22.8 Å². The monoisotopic (exact) mass is 279 g/mol. The number of hydrogen-bond acceptors (Lipinski definition) is 2. The minimum Gasteiger partial charge on any atom is -0.478 e. The van der Waals surface area contributed by atoms with Gasteiger partial charge in [-0.05, 0) is 36.4 Å². The van der Waals surface area contributed by atoms with Crippen LogP contribution in [0.25, 0.3) is 0 Å². The smallest absolute Gasteiger partial charge is 0.335 e. The van der Waals surface area contributed by atoms with Crippen LogP contribution < -0.4 is 5.32 Å². The summed E-state index contributed by atoms with van der Waals surface area (Å²) in [4.78, 5) is 10.7. The molecule has 2 aromatic rings. The molecule has 0 fully saturated rings. The molecular weight excluding hydrogens is 269 g/mol. The molecule has 19 heavy (non-hydrogen) atoms. The fraction of sp³-hybridized carbons (Fsp3) is 0.0714. The number of halogens is 2. The van der Waals surface area contributed by atoms with E-state index in [0.717, 1.165) is 5.69 Å².